The Morgan fingerprint density at radius 3 is 2.65 bits per heavy atom. The van der Waals surface area contributed by atoms with Gasteiger partial charge in [-0.05, 0) is 30.5 Å². The molecule has 7 heteroatoms. The van der Waals surface area contributed by atoms with Gasteiger partial charge in [-0.15, -0.1) is 0 Å². The van der Waals surface area contributed by atoms with E-state index in [9.17, 15) is 9.59 Å². The zero-order chi connectivity index (χ0) is 18.3. The van der Waals surface area contributed by atoms with Gasteiger partial charge in [0, 0.05) is 32.9 Å². The number of hydrogen-bond donors (Lipinski definition) is 2. The maximum atomic E-state index is 13.0. The molecule has 0 aromatic heterocycles. The molecule has 3 aliphatic heterocycles. The summed E-state index contributed by atoms with van der Waals surface area (Å²) in [5.74, 6) is -0.0234. The highest BCUT2D eigenvalue weighted by molar-refractivity contribution is 6.01. The van der Waals surface area contributed by atoms with Crippen LogP contribution in [0.25, 0.3) is 0 Å². The van der Waals surface area contributed by atoms with Gasteiger partial charge in [0.1, 0.15) is 0 Å². The summed E-state index contributed by atoms with van der Waals surface area (Å²) in [5, 5.41) is 5.71. The van der Waals surface area contributed by atoms with E-state index >= 15 is 0 Å². The van der Waals surface area contributed by atoms with E-state index in [2.05, 4.69) is 10.6 Å². The van der Waals surface area contributed by atoms with Crippen molar-refractivity contribution in [3.8, 4) is 0 Å². The lowest BCUT2D eigenvalue weighted by Gasteiger charge is -2.26. The van der Waals surface area contributed by atoms with Crippen LogP contribution in [0.4, 0.5) is 10.5 Å². The van der Waals surface area contributed by atoms with Gasteiger partial charge in [-0.3, -0.25) is 4.79 Å². The molecular weight excluding hydrogens is 332 g/mol. The fraction of sp³-hybridized carbons (Fsp3) is 0.474. The number of rotatable bonds is 4. The first-order chi connectivity index (χ1) is 12.5. The van der Waals surface area contributed by atoms with Crippen molar-refractivity contribution in [3.05, 3.63) is 41.1 Å². The average Bonchev–Trinajstić information content (AvgIpc) is 3.23. The molecule has 0 radical (unpaired) electrons. The van der Waals surface area contributed by atoms with Crippen LogP contribution in [-0.2, 0) is 9.53 Å². The number of hydrogen-bond acceptors (Lipinski definition) is 4. The average molecular weight is 356 g/mol. The number of ether oxygens (including phenoxy) is 1. The van der Waals surface area contributed by atoms with Crippen LogP contribution in [0.5, 0.6) is 0 Å². The molecule has 1 aromatic carbocycles. The molecule has 0 aliphatic carbocycles. The Morgan fingerprint density at radius 2 is 2.00 bits per heavy atom. The van der Waals surface area contributed by atoms with Crippen molar-refractivity contribution in [1.82, 2.24) is 15.5 Å². The summed E-state index contributed by atoms with van der Waals surface area (Å²) in [7, 11) is 3.96. The van der Waals surface area contributed by atoms with Gasteiger partial charge in [0.15, 0.2) is 0 Å². The van der Waals surface area contributed by atoms with Gasteiger partial charge in [0.05, 0.1) is 30.0 Å². The van der Waals surface area contributed by atoms with Crippen molar-refractivity contribution < 1.29 is 14.3 Å². The second-order valence-electron chi connectivity index (χ2n) is 7.23. The number of carbonyl (C=O) groups excluding carboxylic acids is 2. The molecule has 2 atom stereocenters. The summed E-state index contributed by atoms with van der Waals surface area (Å²) < 4.78 is 5.66. The van der Waals surface area contributed by atoms with Crippen LogP contribution < -0.4 is 15.5 Å². The normalized spacial score (nSPS) is 25.2. The van der Waals surface area contributed by atoms with Gasteiger partial charge in [0.2, 0.25) is 0 Å². The Labute approximate surface area is 153 Å². The molecule has 2 N–H and O–H groups in total. The first-order valence-electron chi connectivity index (χ1n) is 9.01. The number of benzene rings is 1. The molecule has 3 amide bonds. The molecule has 0 saturated carbocycles. The number of anilines is 1. The quantitative estimate of drug-likeness (QED) is 0.855. The minimum atomic E-state index is -0.419. The van der Waals surface area contributed by atoms with Gasteiger partial charge in [-0.1, -0.05) is 12.1 Å². The molecule has 3 aliphatic rings. The highest BCUT2D eigenvalue weighted by Crippen LogP contribution is 2.33. The molecule has 1 aromatic rings. The number of nitrogens with one attached hydrogen (secondary N) is 2. The Morgan fingerprint density at radius 1 is 1.23 bits per heavy atom. The fourth-order valence-electron chi connectivity index (χ4n) is 3.82. The lowest BCUT2D eigenvalue weighted by Crippen LogP contribution is -2.44. The van der Waals surface area contributed by atoms with E-state index in [4.69, 9.17) is 4.74 Å². The van der Waals surface area contributed by atoms with E-state index < -0.39 is 6.04 Å². The molecule has 0 spiro atoms. The molecule has 4 rings (SSSR count). The molecular formula is C19H24N4O3. The van der Waals surface area contributed by atoms with Crippen LogP contribution in [0.3, 0.4) is 0 Å². The lowest BCUT2D eigenvalue weighted by atomic mass is 9.96. The second-order valence-corrected chi connectivity index (χ2v) is 7.23. The van der Waals surface area contributed by atoms with E-state index in [1.807, 2.05) is 43.3 Å². The van der Waals surface area contributed by atoms with Crippen molar-refractivity contribution in [2.24, 2.45) is 0 Å². The minimum absolute atomic E-state index is 0.0234. The van der Waals surface area contributed by atoms with Crippen LogP contribution in [0.1, 0.15) is 24.4 Å². The third-order valence-corrected chi connectivity index (χ3v) is 5.21. The Kier molecular flexibility index (Phi) is 4.32. The SMILES string of the molecule is CN(C)c1ccc([C@@H]2NC(=O)NC3=C2C(=O)N(C[C@@H]2CCCO2)C3)cc1. The van der Waals surface area contributed by atoms with E-state index in [1.54, 1.807) is 4.90 Å². The van der Waals surface area contributed by atoms with Crippen LogP contribution >= 0.6 is 0 Å². The second kappa shape index (κ2) is 6.64. The van der Waals surface area contributed by atoms with E-state index in [0.717, 1.165) is 30.7 Å². The summed E-state index contributed by atoms with van der Waals surface area (Å²) in [6.45, 7) is 1.78. The highest BCUT2D eigenvalue weighted by atomic mass is 16.5. The standard InChI is InChI=1S/C19H24N4O3/c1-22(2)13-7-5-12(6-8-13)17-16-15(20-19(25)21-17)11-23(18(16)24)10-14-4-3-9-26-14/h5-8,14,17H,3-4,9-11H2,1-2H3,(H2,20,21,25)/t14-,17-/m0/s1. The van der Waals surface area contributed by atoms with Gasteiger partial charge in [-0.2, -0.15) is 0 Å². The van der Waals surface area contributed by atoms with Crippen LogP contribution in [0.15, 0.2) is 35.5 Å². The Bertz CT molecular complexity index is 751. The summed E-state index contributed by atoms with van der Waals surface area (Å²) in [5.41, 5.74) is 3.32. The van der Waals surface area contributed by atoms with Crippen molar-refractivity contribution in [2.75, 3.05) is 38.7 Å². The predicted octanol–water partition coefficient (Wildman–Crippen LogP) is 1.38. The Hall–Kier alpha value is -2.54. The summed E-state index contributed by atoms with van der Waals surface area (Å²) in [6, 6.07) is 7.23. The maximum absolute atomic E-state index is 13.0. The first-order valence-corrected chi connectivity index (χ1v) is 9.01. The van der Waals surface area contributed by atoms with Gasteiger partial charge in [0.25, 0.3) is 5.91 Å². The topological polar surface area (TPSA) is 73.9 Å². The molecule has 138 valence electrons. The number of urea groups is 1. The monoisotopic (exact) mass is 356 g/mol. The van der Waals surface area contributed by atoms with Gasteiger partial charge >= 0.3 is 6.03 Å². The zero-order valence-corrected chi connectivity index (χ0v) is 15.1. The van der Waals surface area contributed by atoms with E-state index in [1.165, 1.54) is 0 Å². The summed E-state index contributed by atoms with van der Waals surface area (Å²) >= 11 is 0. The van der Waals surface area contributed by atoms with Gasteiger partial charge in [-0.25, -0.2) is 4.79 Å². The van der Waals surface area contributed by atoms with Gasteiger partial charge < -0.3 is 25.2 Å². The molecule has 1 saturated heterocycles. The molecule has 7 nitrogen and oxygen atoms in total. The number of amides is 3. The van der Waals surface area contributed by atoms with Crippen LogP contribution in [0.2, 0.25) is 0 Å². The third-order valence-electron chi connectivity index (χ3n) is 5.21. The predicted molar refractivity (Wildman–Crippen MR) is 97.8 cm³/mol. The van der Waals surface area contributed by atoms with Crippen molar-refractivity contribution in [2.45, 2.75) is 25.0 Å². The summed E-state index contributed by atoms with van der Waals surface area (Å²) in [6.07, 6.45) is 2.12. The minimum Gasteiger partial charge on any atom is -0.378 e. The molecule has 26 heavy (non-hydrogen) atoms. The van der Waals surface area contributed by atoms with Crippen molar-refractivity contribution >= 4 is 17.6 Å². The molecule has 3 heterocycles. The maximum Gasteiger partial charge on any atom is 0.319 e. The first kappa shape index (κ1) is 16.9. The molecule has 1 fully saturated rings. The van der Waals surface area contributed by atoms with E-state index in [0.29, 0.717) is 24.4 Å². The smallest absolute Gasteiger partial charge is 0.319 e. The zero-order valence-electron chi connectivity index (χ0n) is 15.1. The largest absolute Gasteiger partial charge is 0.378 e. The molecule has 0 bridgehead atoms. The van der Waals surface area contributed by atoms with E-state index in [-0.39, 0.29) is 18.0 Å². The number of carbonyl (C=O) groups is 2. The Balaban J connectivity index is 1.58. The fourth-order valence-corrected chi connectivity index (χ4v) is 3.82. The van der Waals surface area contributed by atoms with Crippen LogP contribution in [-0.4, -0.2) is 56.7 Å². The van der Waals surface area contributed by atoms with Crippen LogP contribution in [0, 0.1) is 0 Å². The van der Waals surface area contributed by atoms with Crippen molar-refractivity contribution in [3.63, 3.8) is 0 Å². The summed E-state index contributed by atoms with van der Waals surface area (Å²) in [4.78, 5) is 28.9. The lowest BCUT2D eigenvalue weighted by molar-refractivity contribution is -0.127. The van der Waals surface area contributed by atoms with Crippen molar-refractivity contribution in [1.29, 1.82) is 0 Å². The molecule has 0 unspecified atom stereocenters. The third kappa shape index (κ3) is 3.03. The highest BCUT2D eigenvalue weighted by Gasteiger charge is 2.41. The number of nitrogens with zero attached hydrogens (tertiary/aromatic N) is 2.